The number of rotatable bonds is 0. The SMILES string of the molecule is CC1CNCCC12c1ccc(C(F)(F)F)n1CCN2C.Cl.Cl. The summed E-state index contributed by atoms with van der Waals surface area (Å²) in [5, 5.41) is 3.34. The second kappa shape index (κ2) is 6.59. The van der Waals surface area contributed by atoms with Crippen LogP contribution in [-0.2, 0) is 18.3 Å². The fourth-order valence-electron chi connectivity index (χ4n) is 3.94. The Morgan fingerprint density at radius 1 is 1.23 bits per heavy atom. The second-order valence-electron chi connectivity index (χ2n) is 5.95. The van der Waals surface area contributed by atoms with Crippen molar-refractivity contribution in [3.05, 3.63) is 23.5 Å². The molecule has 1 fully saturated rings. The number of alkyl halides is 3. The highest BCUT2D eigenvalue weighted by atomic mass is 35.5. The van der Waals surface area contributed by atoms with Gasteiger partial charge in [-0.3, -0.25) is 4.90 Å². The lowest BCUT2D eigenvalue weighted by atomic mass is 9.74. The zero-order chi connectivity index (χ0) is 14.5. The summed E-state index contributed by atoms with van der Waals surface area (Å²) in [5.74, 6) is 0.288. The molecule has 1 saturated heterocycles. The Bertz CT molecular complexity index is 518. The molecule has 2 unspecified atom stereocenters. The minimum Gasteiger partial charge on any atom is -0.338 e. The van der Waals surface area contributed by atoms with Crippen LogP contribution in [0.4, 0.5) is 13.2 Å². The first-order valence-corrected chi connectivity index (χ1v) is 7.06. The highest BCUT2D eigenvalue weighted by Gasteiger charge is 2.49. The van der Waals surface area contributed by atoms with Crippen molar-refractivity contribution in [2.75, 3.05) is 26.7 Å². The molecule has 3 nitrogen and oxygen atoms in total. The summed E-state index contributed by atoms with van der Waals surface area (Å²) in [4.78, 5) is 2.24. The predicted octanol–water partition coefficient (Wildman–Crippen LogP) is 3.12. The summed E-state index contributed by atoms with van der Waals surface area (Å²) in [7, 11) is 2.03. The fraction of sp³-hybridized carbons (Fsp3) is 0.714. The smallest absolute Gasteiger partial charge is 0.338 e. The first-order valence-electron chi connectivity index (χ1n) is 7.06. The second-order valence-corrected chi connectivity index (χ2v) is 5.95. The van der Waals surface area contributed by atoms with E-state index in [0.29, 0.717) is 13.1 Å². The average Bonchev–Trinajstić information content (AvgIpc) is 2.81. The standard InChI is InChI=1S/C14H20F3N3.2ClH/c1-10-9-18-6-5-13(10)11-3-4-12(14(15,16)17)20(11)8-7-19(13)2;;/h3-4,10,18H,5-9H2,1-2H3;2*1H. The number of hydrogen-bond acceptors (Lipinski definition) is 2. The maximum atomic E-state index is 13.1. The van der Waals surface area contributed by atoms with Crippen molar-refractivity contribution in [3.8, 4) is 0 Å². The van der Waals surface area contributed by atoms with E-state index in [9.17, 15) is 13.2 Å². The molecule has 1 aromatic rings. The Hall–Kier alpha value is -0.430. The van der Waals surface area contributed by atoms with Gasteiger partial charge in [0.2, 0.25) is 0 Å². The summed E-state index contributed by atoms with van der Waals surface area (Å²) in [6.07, 6.45) is -3.42. The molecule has 128 valence electrons. The van der Waals surface area contributed by atoms with Gasteiger partial charge in [-0.1, -0.05) is 6.92 Å². The molecule has 0 aliphatic carbocycles. The van der Waals surface area contributed by atoms with E-state index < -0.39 is 11.9 Å². The summed E-state index contributed by atoms with van der Waals surface area (Å²) in [5.41, 5.74) is 0.0470. The third-order valence-electron chi connectivity index (χ3n) is 5.00. The topological polar surface area (TPSA) is 20.2 Å². The number of hydrogen-bond donors (Lipinski definition) is 1. The normalized spacial score (nSPS) is 28.7. The van der Waals surface area contributed by atoms with Crippen LogP contribution >= 0.6 is 24.8 Å². The zero-order valence-electron chi connectivity index (χ0n) is 12.6. The lowest BCUT2D eigenvalue weighted by Gasteiger charge is -2.52. The average molecular weight is 360 g/mol. The van der Waals surface area contributed by atoms with Crippen molar-refractivity contribution in [2.24, 2.45) is 5.92 Å². The Labute approximate surface area is 141 Å². The number of nitrogens with zero attached hydrogens (tertiary/aromatic N) is 2. The van der Waals surface area contributed by atoms with Crippen LogP contribution in [0, 0.1) is 5.92 Å². The third-order valence-corrected chi connectivity index (χ3v) is 5.00. The Morgan fingerprint density at radius 2 is 1.91 bits per heavy atom. The summed E-state index contributed by atoms with van der Waals surface area (Å²) < 4.78 is 40.8. The van der Waals surface area contributed by atoms with Gasteiger partial charge >= 0.3 is 6.18 Å². The minimum absolute atomic E-state index is 0. The number of halogens is 5. The molecule has 8 heteroatoms. The van der Waals surface area contributed by atoms with E-state index in [2.05, 4.69) is 17.1 Å². The van der Waals surface area contributed by atoms with E-state index in [1.165, 1.54) is 10.6 Å². The Balaban J connectivity index is 0.00000121. The maximum Gasteiger partial charge on any atom is 0.431 e. The van der Waals surface area contributed by atoms with Crippen LogP contribution in [0.5, 0.6) is 0 Å². The molecular formula is C14H22Cl2F3N3. The van der Waals surface area contributed by atoms with Crippen molar-refractivity contribution >= 4 is 24.8 Å². The first-order chi connectivity index (χ1) is 9.37. The molecule has 1 aromatic heterocycles. The molecule has 3 heterocycles. The monoisotopic (exact) mass is 359 g/mol. The van der Waals surface area contributed by atoms with E-state index in [1.807, 2.05) is 7.05 Å². The van der Waals surface area contributed by atoms with Gasteiger partial charge in [0.25, 0.3) is 0 Å². The highest BCUT2D eigenvalue weighted by molar-refractivity contribution is 5.85. The molecule has 2 aliphatic rings. The van der Waals surface area contributed by atoms with Gasteiger partial charge in [-0.2, -0.15) is 13.2 Å². The van der Waals surface area contributed by atoms with Crippen LogP contribution in [-0.4, -0.2) is 36.1 Å². The Morgan fingerprint density at radius 3 is 2.50 bits per heavy atom. The Kier molecular flexibility index (Phi) is 5.88. The van der Waals surface area contributed by atoms with Gasteiger partial charge in [0.05, 0.1) is 5.54 Å². The number of piperidine rings is 1. The lowest BCUT2D eigenvalue weighted by Crippen LogP contribution is -2.59. The summed E-state index contributed by atoms with van der Waals surface area (Å²) >= 11 is 0. The summed E-state index contributed by atoms with van der Waals surface area (Å²) in [6.45, 7) is 4.89. The van der Waals surface area contributed by atoms with Crippen molar-refractivity contribution in [1.29, 1.82) is 0 Å². The molecule has 0 saturated carbocycles. The van der Waals surface area contributed by atoms with Crippen LogP contribution < -0.4 is 5.32 Å². The van der Waals surface area contributed by atoms with Gasteiger partial charge in [-0.15, -0.1) is 24.8 Å². The van der Waals surface area contributed by atoms with E-state index in [0.717, 1.165) is 25.2 Å². The largest absolute Gasteiger partial charge is 0.431 e. The van der Waals surface area contributed by atoms with Gasteiger partial charge < -0.3 is 9.88 Å². The number of likely N-dealkylation sites (N-methyl/N-ethyl adjacent to an activating group) is 1. The highest BCUT2D eigenvalue weighted by Crippen LogP contribution is 2.45. The van der Waals surface area contributed by atoms with Crippen molar-refractivity contribution in [3.63, 3.8) is 0 Å². The molecular weight excluding hydrogens is 338 g/mol. The van der Waals surface area contributed by atoms with E-state index in [1.54, 1.807) is 6.07 Å². The minimum atomic E-state index is -4.27. The van der Waals surface area contributed by atoms with Crippen molar-refractivity contribution < 1.29 is 13.2 Å². The van der Waals surface area contributed by atoms with Crippen LogP contribution in [0.1, 0.15) is 24.7 Å². The third kappa shape index (κ3) is 2.75. The van der Waals surface area contributed by atoms with Gasteiger partial charge in [0.15, 0.2) is 0 Å². The molecule has 1 spiro atoms. The van der Waals surface area contributed by atoms with Crippen LogP contribution in [0.15, 0.2) is 12.1 Å². The summed E-state index contributed by atoms with van der Waals surface area (Å²) in [6, 6.07) is 2.92. The number of aromatic nitrogens is 1. The van der Waals surface area contributed by atoms with Crippen LogP contribution in [0.3, 0.4) is 0 Å². The van der Waals surface area contributed by atoms with Gasteiger partial charge in [-0.05, 0) is 44.6 Å². The van der Waals surface area contributed by atoms with Crippen LogP contribution in [0.2, 0.25) is 0 Å². The molecule has 0 radical (unpaired) electrons. The molecule has 0 aromatic carbocycles. The molecule has 3 rings (SSSR count). The number of fused-ring (bicyclic) bond motifs is 2. The van der Waals surface area contributed by atoms with Crippen LogP contribution in [0.25, 0.3) is 0 Å². The lowest BCUT2D eigenvalue weighted by molar-refractivity contribution is -0.145. The molecule has 1 N–H and O–H groups in total. The maximum absolute atomic E-state index is 13.1. The fourth-order valence-corrected chi connectivity index (χ4v) is 3.94. The zero-order valence-corrected chi connectivity index (χ0v) is 14.2. The number of nitrogens with one attached hydrogen (secondary N) is 1. The van der Waals surface area contributed by atoms with Crippen molar-refractivity contribution in [1.82, 2.24) is 14.8 Å². The quantitative estimate of drug-likeness (QED) is 0.767. The predicted molar refractivity (Wildman–Crippen MR) is 84.9 cm³/mol. The molecule has 0 amide bonds. The van der Waals surface area contributed by atoms with Gasteiger partial charge in [-0.25, -0.2) is 0 Å². The van der Waals surface area contributed by atoms with E-state index >= 15 is 0 Å². The van der Waals surface area contributed by atoms with E-state index in [-0.39, 0.29) is 36.3 Å². The first kappa shape index (κ1) is 19.6. The molecule has 22 heavy (non-hydrogen) atoms. The molecule has 2 aliphatic heterocycles. The van der Waals surface area contributed by atoms with Gasteiger partial charge in [0.1, 0.15) is 5.69 Å². The molecule has 0 bridgehead atoms. The van der Waals surface area contributed by atoms with Crippen molar-refractivity contribution in [2.45, 2.75) is 31.6 Å². The van der Waals surface area contributed by atoms with Gasteiger partial charge in [0, 0.05) is 18.8 Å². The molecule has 2 atom stereocenters. The van der Waals surface area contributed by atoms with E-state index in [4.69, 9.17) is 0 Å².